The van der Waals surface area contributed by atoms with Crippen molar-refractivity contribution in [3.63, 3.8) is 0 Å². The Labute approximate surface area is 208 Å². The van der Waals surface area contributed by atoms with E-state index in [-0.39, 0.29) is 30.0 Å². The van der Waals surface area contributed by atoms with Gasteiger partial charge < -0.3 is 14.2 Å². The molecule has 0 saturated heterocycles. The first kappa shape index (κ1) is 26.5. The molecule has 0 radical (unpaired) electrons. The van der Waals surface area contributed by atoms with E-state index in [1.54, 1.807) is 13.8 Å². The van der Waals surface area contributed by atoms with Gasteiger partial charge in [-0.15, -0.1) is 10.2 Å². The van der Waals surface area contributed by atoms with Crippen LogP contribution in [0.25, 0.3) is 5.69 Å². The second-order valence-electron chi connectivity index (χ2n) is 7.47. The van der Waals surface area contributed by atoms with Crippen molar-refractivity contribution >= 4 is 27.6 Å². The van der Waals surface area contributed by atoms with E-state index in [9.17, 15) is 8.42 Å². The summed E-state index contributed by atoms with van der Waals surface area (Å²) in [4.78, 5) is 16.5. The van der Waals surface area contributed by atoms with E-state index >= 15 is 0 Å². The Morgan fingerprint density at radius 1 is 1.06 bits per heavy atom. The van der Waals surface area contributed by atoms with Crippen molar-refractivity contribution in [1.29, 1.82) is 0 Å². The molecule has 3 rings (SSSR count). The number of methoxy groups -OCH3 is 2. The summed E-state index contributed by atoms with van der Waals surface area (Å²) in [5.74, 6) is 0.223. The Kier molecular flexibility index (Phi) is 8.75. The monoisotopic (exact) mass is 526 g/mol. The van der Waals surface area contributed by atoms with E-state index in [0.29, 0.717) is 23.3 Å². The van der Waals surface area contributed by atoms with Gasteiger partial charge in [0.1, 0.15) is 18.8 Å². The second-order valence-corrected chi connectivity index (χ2v) is 9.94. The SMILES string of the molecule is CCCOCc1nnc(NS(=O)(=O)[C@@H](C)[C@H](C)c2ncc(Cl)cn2)n1-c1c(OC)ncnc1OC. The molecule has 15 heteroatoms. The van der Waals surface area contributed by atoms with Gasteiger partial charge in [0.2, 0.25) is 27.7 Å². The first-order chi connectivity index (χ1) is 16.7. The normalized spacial score (nSPS) is 13.3. The summed E-state index contributed by atoms with van der Waals surface area (Å²) in [5.41, 5.74) is 0.219. The smallest absolute Gasteiger partial charge is 0.245 e. The lowest BCUT2D eigenvalue weighted by molar-refractivity contribution is 0.115. The topological polar surface area (TPSA) is 156 Å². The van der Waals surface area contributed by atoms with Crippen molar-refractivity contribution in [3.05, 3.63) is 35.4 Å². The predicted molar refractivity (Wildman–Crippen MR) is 127 cm³/mol. The molecule has 2 atom stereocenters. The van der Waals surface area contributed by atoms with Crippen LogP contribution in [0.5, 0.6) is 11.8 Å². The number of ether oxygens (including phenoxy) is 3. The quantitative estimate of drug-likeness (QED) is 0.345. The highest BCUT2D eigenvalue weighted by Crippen LogP contribution is 2.33. The molecule has 0 amide bonds. The van der Waals surface area contributed by atoms with E-state index in [1.807, 2.05) is 6.92 Å². The molecule has 0 aromatic carbocycles. The third-order valence-corrected chi connectivity index (χ3v) is 7.20. The van der Waals surface area contributed by atoms with Crippen molar-refractivity contribution in [1.82, 2.24) is 34.7 Å². The van der Waals surface area contributed by atoms with Gasteiger partial charge in [0.15, 0.2) is 11.5 Å². The number of rotatable bonds is 12. The molecule has 0 unspecified atom stereocenters. The Bertz CT molecular complexity index is 1220. The number of nitrogens with one attached hydrogen (secondary N) is 1. The molecule has 0 bridgehead atoms. The van der Waals surface area contributed by atoms with Gasteiger partial charge in [-0.3, -0.25) is 9.29 Å². The molecule has 0 aliphatic heterocycles. The Hall–Kier alpha value is -3.10. The predicted octanol–water partition coefficient (Wildman–Crippen LogP) is 2.38. The number of aromatic nitrogens is 7. The van der Waals surface area contributed by atoms with Crippen LogP contribution in [-0.2, 0) is 21.4 Å². The summed E-state index contributed by atoms with van der Waals surface area (Å²) in [7, 11) is -1.16. The molecule has 3 aromatic heterocycles. The summed E-state index contributed by atoms with van der Waals surface area (Å²) >= 11 is 5.85. The van der Waals surface area contributed by atoms with Gasteiger partial charge >= 0.3 is 0 Å². The number of sulfonamides is 1. The highest BCUT2D eigenvalue weighted by atomic mass is 35.5. The zero-order valence-corrected chi connectivity index (χ0v) is 21.5. The minimum Gasteiger partial charge on any atom is -0.479 e. The first-order valence-electron chi connectivity index (χ1n) is 10.7. The highest BCUT2D eigenvalue weighted by molar-refractivity contribution is 7.93. The molecule has 35 heavy (non-hydrogen) atoms. The van der Waals surface area contributed by atoms with Crippen molar-refractivity contribution in [3.8, 4) is 17.4 Å². The van der Waals surface area contributed by atoms with Gasteiger partial charge in [-0.05, 0) is 13.3 Å². The zero-order valence-electron chi connectivity index (χ0n) is 20.0. The van der Waals surface area contributed by atoms with Crippen LogP contribution in [0, 0.1) is 0 Å². The third-order valence-electron chi connectivity index (χ3n) is 5.15. The van der Waals surface area contributed by atoms with Crippen LogP contribution < -0.4 is 14.2 Å². The minimum atomic E-state index is -4.00. The molecule has 0 spiro atoms. The molecule has 1 N–H and O–H groups in total. The van der Waals surface area contributed by atoms with Crippen LogP contribution in [-0.4, -0.2) is 69.2 Å². The summed E-state index contributed by atoms with van der Waals surface area (Å²) in [5, 5.41) is 7.60. The zero-order chi connectivity index (χ0) is 25.6. The lowest BCUT2D eigenvalue weighted by atomic mass is 10.1. The van der Waals surface area contributed by atoms with E-state index in [4.69, 9.17) is 25.8 Å². The van der Waals surface area contributed by atoms with E-state index in [0.717, 1.165) is 6.42 Å². The average molecular weight is 527 g/mol. The van der Waals surface area contributed by atoms with Crippen molar-refractivity contribution in [2.24, 2.45) is 0 Å². The molecular formula is C20H27ClN8O5S. The Morgan fingerprint density at radius 3 is 2.26 bits per heavy atom. The molecule has 0 aliphatic rings. The number of hydrogen-bond donors (Lipinski definition) is 1. The van der Waals surface area contributed by atoms with Gasteiger partial charge in [0, 0.05) is 24.9 Å². The number of halogens is 1. The standard InChI is InChI=1S/C20H27ClN8O5S/c1-6-7-34-10-15-26-27-20(29(15)16-18(32-4)24-11-25-19(16)33-5)28-35(30,31)13(3)12(2)17-22-8-14(21)9-23-17/h8-9,11-13H,6-7,10H2,1-5H3,(H,27,28)/t12-,13-/m0/s1. The molecule has 190 valence electrons. The lowest BCUT2D eigenvalue weighted by Gasteiger charge is -2.21. The van der Waals surface area contributed by atoms with E-state index in [1.165, 1.54) is 37.5 Å². The molecule has 0 aliphatic carbocycles. The second kappa shape index (κ2) is 11.6. The van der Waals surface area contributed by atoms with Gasteiger partial charge in [0.25, 0.3) is 0 Å². The molecule has 0 fully saturated rings. The number of hydrogen-bond acceptors (Lipinski definition) is 11. The summed E-state index contributed by atoms with van der Waals surface area (Å²) in [6.07, 6.45) is 4.88. The van der Waals surface area contributed by atoms with Crippen LogP contribution in [0.15, 0.2) is 18.7 Å². The fourth-order valence-electron chi connectivity index (χ4n) is 3.11. The molecule has 3 heterocycles. The fourth-order valence-corrected chi connectivity index (χ4v) is 4.44. The average Bonchev–Trinajstić information content (AvgIpc) is 3.24. The van der Waals surface area contributed by atoms with Crippen LogP contribution in [0.1, 0.15) is 44.8 Å². The summed E-state index contributed by atoms with van der Waals surface area (Å²) in [6.45, 7) is 5.74. The fraction of sp³-hybridized carbons (Fsp3) is 0.500. The van der Waals surface area contributed by atoms with Gasteiger partial charge in [0.05, 0.1) is 24.5 Å². The third kappa shape index (κ3) is 5.94. The lowest BCUT2D eigenvalue weighted by Crippen LogP contribution is -2.31. The largest absolute Gasteiger partial charge is 0.479 e. The van der Waals surface area contributed by atoms with Crippen molar-refractivity contribution in [2.45, 2.75) is 45.0 Å². The highest BCUT2D eigenvalue weighted by Gasteiger charge is 2.32. The van der Waals surface area contributed by atoms with Gasteiger partial charge in [-0.25, -0.2) is 18.4 Å². The maximum absolute atomic E-state index is 13.3. The maximum Gasteiger partial charge on any atom is 0.245 e. The van der Waals surface area contributed by atoms with Crippen LogP contribution in [0.4, 0.5) is 5.95 Å². The molecule has 13 nitrogen and oxygen atoms in total. The van der Waals surface area contributed by atoms with Gasteiger partial charge in [-0.1, -0.05) is 25.4 Å². The summed E-state index contributed by atoms with van der Waals surface area (Å²) < 4.78 is 47.0. The number of nitrogens with zero attached hydrogens (tertiary/aromatic N) is 7. The Balaban J connectivity index is 2.03. The van der Waals surface area contributed by atoms with Gasteiger partial charge in [-0.2, -0.15) is 9.97 Å². The molecule has 0 saturated carbocycles. The minimum absolute atomic E-state index is 0.0499. The maximum atomic E-state index is 13.3. The molecular weight excluding hydrogens is 500 g/mol. The van der Waals surface area contributed by atoms with Crippen LogP contribution in [0.3, 0.4) is 0 Å². The Morgan fingerprint density at radius 2 is 1.69 bits per heavy atom. The summed E-state index contributed by atoms with van der Waals surface area (Å²) in [6, 6.07) is 0. The number of anilines is 1. The molecule has 3 aromatic rings. The first-order valence-corrected chi connectivity index (χ1v) is 12.6. The van der Waals surface area contributed by atoms with Crippen molar-refractivity contribution in [2.75, 3.05) is 25.5 Å². The van der Waals surface area contributed by atoms with Crippen molar-refractivity contribution < 1.29 is 22.6 Å². The van der Waals surface area contributed by atoms with E-state index < -0.39 is 21.2 Å². The van der Waals surface area contributed by atoms with E-state index in [2.05, 4.69) is 34.9 Å². The van der Waals surface area contributed by atoms with Crippen LogP contribution >= 0.6 is 11.6 Å². The van der Waals surface area contributed by atoms with Crippen LogP contribution in [0.2, 0.25) is 5.02 Å².